The molecule has 140 valence electrons. The fourth-order valence-corrected chi connectivity index (χ4v) is 2.97. The van der Waals surface area contributed by atoms with Crippen molar-refractivity contribution >= 4 is 12.0 Å². The van der Waals surface area contributed by atoms with Gasteiger partial charge in [-0.2, -0.15) is 5.26 Å². The molecule has 5 heteroatoms. The van der Waals surface area contributed by atoms with E-state index in [9.17, 15) is 10.1 Å². The summed E-state index contributed by atoms with van der Waals surface area (Å²) in [6, 6.07) is 7.59. The van der Waals surface area contributed by atoms with Crippen molar-refractivity contribution < 1.29 is 14.3 Å². The molecule has 1 aliphatic rings. The first-order valence-corrected chi connectivity index (χ1v) is 9.27. The van der Waals surface area contributed by atoms with Crippen molar-refractivity contribution in [1.29, 1.82) is 5.26 Å². The van der Waals surface area contributed by atoms with Crippen molar-refractivity contribution in [3.05, 3.63) is 29.3 Å². The third-order valence-electron chi connectivity index (χ3n) is 4.38. The van der Waals surface area contributed by atoms with Gasteiger partial charge in [-0.15, -0.1) is 0 Å². The van der Waals surface area contributed by atoms with E-state index >= 15 is 0 Å². The lowest BCUT2D eigenvalue weighted by Gasteiger charge is -2.22. The van der Waals surface area contributed by atoms with Gasteiger partial charge >= 0.3 is 0 Å². The molecule has 2 rings (SSSR count). The van der Waals surface area contributed by atoms with Gasteiger partial charge in [-0.3, -0.25) is 4.79 Å². The summed E-state index contributed by atoms with van der Waals surface area (Å²) < 4.78 is 11.1. The fourth-order valence-electron chi connectivity index (χ4n) is 2.97. The van der Waals surface area contributed by atoms with Crippen molar-refractivity contribution in [3.63, 3.8) is 0 Å². The molecule has 1 aliphatic carbocycles. The maximum Gasteiger partial charge on any atom is 0.262 e. The average Bonchev–Trinajstić information content (AvgIpc) is 2.65. The molecule has 1 fully saturated rings. The second-order valence-electron chi connectivity index (χ2n) is 7.09. The highest BCUT2D eigenvalue weighted by Crippen LogP contribution is 2.29. The third-order valence-corrected chi connectivity index (χ3v) is 4.38. The van der Waals surface area contributed by atoms with Crippen LogP contribution in [-0.4, -0.2) is 25.7 Å². The molecule has 0 radical (unpaired) electrons. The Bertz CT molecular complexity index is 683. The summed E-state index contributed by atoms with van der Waals surface area (Å²) >= 11 is 0. The Hall–Kier alpha value is -2.48. The van der Waals surface area contributed by atoms with Gasteiger partial charge in [0.05, 0.1) is 13.7 Å². The maximum absolute atomic E-state index is 12.4. The van der Waals surface area contributed by atoms with Gasteiger partial charge < -0.3 is 14.8 Å². The Balaban J connectivity index is 2.11. The van der Waals surface area contributed by atoms with E-state index in [1.54, 1.807) is 25.3 Å². The number of nitrogens with one attached hydrogen (secondary N) is 1. The molecule has 0 saturated heterocycles. The van der Waals surface area contributed by atoms with Crippen LogP contribution in [0.1, 0.15) is 51.5 Å². The smallest absolute Gasteiger partial charge is 0.262 e. The molecule has 5 nitrogen and oxygen atoms in total. The van der Waals surface area contributed by atoms with Gasteiger partial charge in [-0.05, 0) is 42.5 Å². The topological polar surface area (TPSA) is 71.3 Å². The summed E-state index contributed by atoms with van der Waals surface area (Å²) in [5, 5.41) is 12.4. The SMILES string of the molecule is COc1cc(/C=C(/C#N)C(=O)NC2CCCCC2)ccc1OCC(C)C. The van der Waals surface area contributed by atoms with E-state index in [1.165, 1.54) is 6.42 Å². The highest BCUT2D eigenvalue weighted by Gasteiger charge is 2.18. The van der Waals surface area contributed by atoms with Gasteiger partial charge in [-0.25, -0.2) is 0 Å². The van der Waals surface area contributed by atoms with E-state index < -0.39 is 0 Å². The first-order chi connectivity index (χ1) is 12.5. The summed E-state index contributed by atoms with van der Waals surface area (Å²) in [5.41, 5.74) is 0.836. The molecular weight excluding hydrogens is 328 g/mol. The van der Waals surface area contributed by atoms with Crippen LogP contribution in [0, 0.1) is 17.2 Å². The number of rotatable bonds is 7. The molecule has 0 spiro atoms. The molecule has 0 unspecified atom stereocenters. The number of hydrogen-bond acceptors (Lipinski definition) is 4. The third kappa shape index (κ3) is 5.80. The lowest BCUT2D eigenvalue weighted by atomic mass is 9.95. The van der Waals surface area contributed by atoms with Crippen LogP contribution in [0.15, 0.2) is 23.8 Å². The number of nitriles is 1. The Morgan fingerprint density at radius 2 is 2.04 bits per heavy atom. The zero-order valence-corrected chi connectivity index (χ0v) is 15.9. The van der Waals surface area contributed by atoms with Crippen LogP contribution in [0.2, 0.25) is 0 Å². The molecule has 26 heavy (non-hydrogen) atoms. The number of methoxy groups -OCH3 is 1. The summed E-state index contributed by atoms with van der Waals surface area (Å²) in [5.74, 6) is 1.35. The Morgan fingerprint density at radius 1 is 1.31 bits per heavy atom. The van der Waals surface area contributed by atoms with Gasteiger partial charge in [0, 0.05) is 6.04 Å². The molecule has 0 heterocycles. The molecule has 1 aromatic rings. The van der Waals surface area contributed by atoms with Crippen molar-refractivity contribution in [2.75, 3.05) is 13.7 Å². The van der Waals surface area contributed by atoms with E-state index in [2.05, 4.69) is 19.2 Å². The van der Waals surface area contributed by atoms with Gasteiger partial charge in [0.25, 0.3) is 5.91 Å². The van der Waals surface area contributed by atoms with Crippen LogP contribution in [0.25, 0.3) is 6.08 Å². The zero-order chi connectivity index (χ0) is 18.9. The molecule has 1 amide bonds. The largest absolute Gasteiger partial charge is 0.493 e. The lowest BCUT2D eigenvalue weighted by Crippen LogP contribution is -2.36. The van der Waals surface area contributed by atoms with Crippen LogP contribution in [-0.2, 0) is 4.79 Å². The normalized spacial score (nSPS) is 15.4. The minimum absolute atomic E-state index is 0.105. The van der Waals surface area contributed by atoms with E-state index in [4.69, 9.17) is 9.47 Å². The zero-order valence-electron chi connectivity index (χ0n) is 15.9. The molecule has 0 atom stereocenters. The van der Waals surface area contributed by atoms with E-state index in [0.29, 0.717) is 24.0 Å². The van der Waals surface area contributed by atoms with Crippen LogP contribution in [0.4, 0.5) is 0 Å². The number of nitrogens with zero attached hydrogens (tertiary/aromatic N) is 1. The molecule has 1 N–H and O–H groups in total. The predicted octanol–water partition coefficient (Wildman–Crippen LogP) is 4.09. The number of amides is 1. The van der Waals surface area contributed by atoms with Gasteiger partial charge in [0.2, 0.25) is 0 Å². The Labute approximate surface area is 156 Å². The Kier molecular flexibility index (Phi) is 7.53. The predicted molar refractivity (Wildman–Crippen MR) is 102 cm³/mol. The van der Waals surface area contributed by atoms with E-state index in [1.807, 2.05) is 12.1 Å². The maximum atomic E-state index is 12.4. The summed E-state index contributed by atoms with van der Waals surface area (Å²) in [6.45, 7) is 4.75. The molecule has 0 bridgehead atoms. The second-order valence-corrected chi connectivity index (χ2v) is 7.09. The van der Waals surface area contributed by atoms with E-state index in [0.717, 1.165) is 31.2 Å². The average molecular weight is 356 g/mol. The minimum Gasteiger partial charge on any atom is -0.493 e. The van der Waals surface area contributed by atoms with Crippen molar-refractivity contribution in [2.24, 2.45) is 5.92 Å². The van der Waals surface area contributed by atoms with E-state index in [-0.39, 0.29) is 17.5 Å². The first kappa shape index (κ1) is 19.8. The fraction of sp³-hybridized carbons (Fsp3) is 0.524. The molecule has 1 saturated carbocycles. The van der Waals surface area contributed by atoms with Crippen LogP contribution < -0.4 is 14.8 Å². The summed E-state index contributed by atoms with van der Waals surface area (Å²) in [4.78, 5) is 12.4. The standard InChI is InChI=1S/C21H28N2O3/c1-15(2)14-26-19-10-9-16(12-20(19)25-3)11-17(13-22)21(24)23-18-7-5-4-6-8-18/h9-12,15,18H,4-8,14H2,1-3H3,(H,23,24)/b17-11-. The first-order valence-electron chi connectivity index (χ1n) is 9.27. The number of hydrogen-bond donors (Lipinski definition) is 1. The molecular formula is C21H28N2O3. The monoisotopic (exact) mass is 356 g/mol. The lowest BCUT2D eigenvalue weighted by molar-refractivity contribution is -0.117. The van der Waals surface area contributed by atoms with Crippen molar-refractivity contribution in [3.8, 4) is 17.6 Å². The summed E-state index contributed by atoms with van der Waals surface area (Å²) in [7, 11) is 1.58. The minimum atomic E-state index is -0.307. The number of ether oxygens (including phenoxy) is 2. The molecule has 0 aromatic heterocycles. The number of benzene rings is 1. The second kappa shape index (κ2) is 9.86. The molecule has 1 aromatic carbocycles. The van der Waals surface area contributed by atoms with Crippen LogP contribution >= 0.6 is 0 Å². The van der Waals surface area contributed by atoms with Crippen molar-refractivity contribution in [2.45, 2.75) is 52.0 Å². The molecule has 0 aliphatic heterocycles. The number of carbonyl (C=O) groups is 1. The highest BCUT2D eigenvalue weighted by molar-refractivity contribution is 6.01. The van der Waals surface area contributed by atoms with Crippen LogP contribution in [0.5, 0.6) is 11.5 Å². The summed E-state index contributed by atoms with van der Waals surface area (Å²) in [6.07, 6.45) is 7.04. The van der Waals surface area contributed by atoms with Gasteiger partial charge in [0.15, 0.2) is 11.5 Å². The Morgan fingerprint density at radius 3 is 2.65 bits per heavy atom. The van der Waals surface area contributed by atoms with Gasteiger partial charge in [-0.1, -0.05) is 39.2 Å². The van der Waals surface area contributed by atoms with Gasteiger partial charge in [0.1, 0.15) is 11.6 Å². The van der Waals surface area contributed by atoms with Crippen LogP contribution in [0.3, 0.4) is 0 Å². The quantitative estimate of drug-likeness (QED) is 0.590. The number of carbonyl (C=O) groups excluding carboxylic acids is 1. The van der Waals surface area contributed by atoms with Crippen molar-refractivity contribution in [1.82, 2.24) is 5.32 Å². The highest BCUT2D eigenvalue weighted by atomic mass is 16.5.